The molecule has 3 heterocycles. The summed E-state index contributed by atoms with van der Waals surface area (Å²) < 4.78 is 6.48. The molecule has 0 aliphatic carbocycles. The van der Waals surface area contributed by atoms with Gasteiger partial charge in [-0.05, 0) is 59.8 Å². The van der Waals surface area contributed by atoms with Crippen LogP contribution in [0.1, 0.15) is 29.0 Å². The highest BCUT2D eigenvalue weighted by molar-refractivity contribution is 5.82. The lowest BCUT2D eigenvalue weighted by atomic mass is 9.89. The third kappa shape index (κ3) is 5.17. The van der Waals surface area contributed by atoms with E-state index in [9.17, 15) is 29.7 Å². The Bertz CT molecular complexity index is 1860. The summed E-state index contributed by atoms with van der Waals surface area (Å²) in [7, 11) is 1.51. The lowest BCUT2D eigenvalue weighted by Crippen LogP contribution is -2.32. The molecule has 1 atom stereocenters. The largest absolute Gasteiger partial charge is 0.504 e. The van der Waals surface area contributed by atoms with Gasteiger partial charge in [-0.25, -0.2) is 0 Å². The van der Waals surface area contributed by atoms with Crippen LogP contribution in [0.5, 0.6) is 23.1 Å². The number of phenols is 2. The number of aromatic nitrogens is 3. The number of hydrogen-bond acceptors (Lipinski definition) is 8. The van der Waals surface area contributed by atoms with Crippen LogP contribution in [0.25, 0.3) is 16.6 Å². The number of nitrogens with zero attached hydrogens (tertiary/aromatic N) is 2. The zero-order valence-corrected chi connectivity index (χ0v) is 21.4. The number of rotatable bonds is 8. The monoisotopic (exact) mass is 542 g/mol. The smallest absolute Gasteiger partial charge is 0.265 e. The van der Waals surface area contributed by atoms with Crippen LogP contribution in [-0.2, 0) is 11.2 Å². The summed E-state index contributed by atoms with van der Waals surface area (Å²) in [5, 5.41) is 33.4. The molecule has 5 N–H and O–H groups in total. The molecule has 0 aliphatic rings. The minimum Gasteiger partial charge on any atom is -0.504 e. The predicted octanol–water partition coefficient (Wildman–Crippen LogP) is 2.54. The molecule has 0 saturated carbocycles. The van der Waals surface area contributed by atoms with E-state index in [1.165, 1.54) is 29.8 Å². The van der Waals surface area contributed by atoms with Crippen molar-refractivity contribution < 1.29 is 24.9 Å². The molecule has 11 heteroatoms. The van der Waals surface area contributed by atoms with E-state index in [0.717, 1.165) is 0 Å². The van der Waals surface area contributed by atoms with Crippen molar-refractivity contribution in [1.29, 1.82) is 0 Å². The summed E-state index contributed by atoms with van der Waals surface area (Å²) in [5.41, 5.74) is 0.203. The van der Waals surface area contributed by atoms with Crippen molar-refractivity contribution in [2.75, 3.05) is 13.7 Å². The van der Waals surface area contributed by atoms with Gasteiger partial charge in [0, 0.05) is 36.7 Å². The number of hydrogen-bond donors (Lipinski definition) is 5. The molecule has 5 aromatic rings. The van der Waals surface area contributed by atoms with E-state index < -0.39 is 28.8 Å². The Morgan fingerprint density at radius 1 is 1.05 bits per heavy atom. The van der Waals surface area contributed by atoms with Gasteiger partial charge in [0.2, 0.25) is 11.8 Å². The van der Waals surface area contributed by atoms with Crippen LogP contribution in [-0.4, -0.2) is 49.2 Å². The average molecular weight is 543 g/mol. The lowest BCUT2D eigenvalue weighted by molar-refractivity contribution is -0.121. The van der Waals surface area contributed by atoms with Gasteiger partial charge in [-0.1, -0.05) is 12.1 Å². The standard InChI is InChI=1S/C29H26N4O7/c1-40-18-7-6-17-13-20(27(37)31-21(17)14-18)19(26-28(38)32-24-4-2-3-11-33(24)29(26)39)15-25(36)30-10-9-16-5-8-22(34)23(35)12-16/h2-8,11-14,19,34-35,38H,9-10,15H2,1H3,(H,30,36)(H,31,37)/t19-/m1/s1. The number of carbonyl (C=O) groups excluding carboxylic acids is 1. The number of amides is 1. The number of aromatic amines is 1. The number of methoxy groups -OCH3 is 1. The highest BCUT2D eigenvalue weighted by atomic mass is 16.5. The van der Waals surface area contributed by atoms with Crippen molar-refractivity contribution in [3.63, 3.8) is 0 Å². The molecule has 0 spiro atoms. The number of H-pyrrole nitrogens is 1. The molecule has 0 fully saturated rings. The third-order valence-corrected chi connectivity index (χ3v) is 6.72. The normalized spacial score (nSPS) is 11.9. The number of benzene rings is 2. The van der Waals surface area contributed by atoms with Gasteiger partial charge in [0.15, 0.2) is 11.5 Å². The second-order valence-corrected chi connectivity index (χ2v) is 9.27. The summed E-state index contributed by atoms with van der Waals surface area (Å²) in [5.74, 6) is -2.13. The van der Waals surface area contributed by atoms with E-state index in [-0.39, 0.29) is 41.2 Å². The highest BCUT2D eigenvalue weighted by Crippen LogP contribution is 2.31. The summed E-state index contributed by atoms with van der Waals surface area (Å²) >= 11 is 0. The molecule has 40 heavy (non-hydrogen) atoms. The van der Waals surface area contributed by atoms with Crippen molar-refractivity contribution in [3.05, 3.63) is 104 Å². The van der Waals surface area contributed by atoms with Gasteiger partial charge in [0.1, 0.15) is 11.4 Å². The maximum Gasteiger partial charge on any atom is 0.265 e. The summed E-state index contributed by atoms with van der Waals surface area (Å²) in [6.07, 6.45) is 1.53. The van der Waals surface area contributed by atoms with Gasteiger partial charge in [-0.3, -0.25) is 18.8 Å². The Hall–Kier alpha value is -5.32. The van der Waals surface area contributed by atoms with E-state index in [0.29, 0.717) is 28.6 Å². The first kappa shape index (κ1) is 26.3. The number of phenolic OH excluding ortho intramolecular Hbond substituents is 2. The van der Waals surface area contributed by atoms with Crippen molar-refractivity contribution in [1.82, 2.24) is 19.7 Å². The molecule has 0 saturated heterocycles. The number of ether oxygens (including phenoxy) is 1. The molecule has 3 aromatic heterocycles. The zero-order valence-electron chi connectivity index (χ0n) is 21.4. The fourth-order valence-electron chi connectivity index (χ4n) is 4.67. The SMILES string of the molecule is COc1ccc2cc([C@@H](CC(=O)NCCc3ccc(O)c(O)c3)c3c(O)nc4ccccn4c3=O)c(=O)[nH]c2c1. The Kier molecular flexibility index (Phi) is 7.11. The van der Waals surface area contributed by atoms with Crippen LogP contribution in [0.4, 0.5) is 0 Å². The summed E-state index contributed by atoms with van der Waals surface area (Å²) in [6.45, 7) is 0.185. The van der Waals surface area contributed by atoms with E-state index in [2.05, 4.69) is 15.3 Å². The maximum atomic E-state index is 13.5. The Morgan fingerprint density at radius 3 is 2.65 bits per heavy atom. The summed E-state index contributed by atoms with van der Waals surface area (Å²) in [4.78, 5) is 46.8. The predicted molar refractivity (Wildman–Crippen MR) is 147 cm³/mol. The van der Waals surface area contributed by atoms with Crippen molar-refractivity contribution in [3.8, 4) is 23.1 Å². The lowest BCUT2D eigenvalue weighted by Gasteiger charge is -2.18. The first-order chi connectivity index (χ1) is 19.2. The van der Waals surface area contributed by atoms with Gasteiger partial charge in [0.05, 0.1) is 18.2 Å². The molecule has 11 nitrogen and oxygen atoms in total. The topological polar surface area (TPSA) is 166 Å². The Labute approximate surface area is 227 Å². The highest BCUT2D eigenvalue weighted by Gasteiger charge is 2.29. The van der Waals surface area contributed by atoms with E-state index in [1.807, 2.05) is 0 Å². The summed E-state index contributed by atoms with van der Waals surface area (Å²) in [6, 6.07) is 15.9. The molecule has 5 rings (SSSR count). The van der Waals surface area contributed by atoms with Crippen LogP contribution >= 0.6 is 0 Å². The Balaban J connectivity index is 1.52. The number of nitrogens with one attached hydrogen (secondary N) is 2. The molecule has 0 aliphatic heterocycles. The number of pyridine rings is 2. The quantitative estimate of drug-likeness (QED) is 0.187. The van der Waals surface area contributed by atoms with Gasteiger partial charge in [0.25, 0.3) is 11.1 Å². The van der Waals surface area contributed by atoms with Gasteiger partial charge < -0.3 is 30.4 Å². The van der Waals surface area contributed by atoms with Crippen LogP contribution in [0, 0.1) is 0 Å². The minimum absolute atomic E-state index is 0.112. The fraction of sp³-hybridized carbons (Fsp3) is 0.172. The van der Waals surface area contributed by atoms with E-state index in [4.69, 9.17) is 4.74 Å². The van der Waals surface area contributed by atoms with Crippen LogP contribution in [0.3, 0.4) is 0 Å². The second-order valence-electron chi connectivity index (χ2n) is 9.27. The second kappa shape index (κ2) is 10.8. The van der Waals surface area contributed by atoms with E-state index >= 15 is 0 Å². The van der Waals surface area contributed by atoms with Crippen molar-refractivity contribution >= 4 is 22.5 Å². The number of carbonyl (C=O) groups is 1. The Morgan fingerprint density at radius 2 is 1.88 bits per heavy atom. The minimum atomic E-state index is -1.12. The third-order valence-electron chi connectivity index (χ3n) is 6.72. The molecule has 2 aromatic carbocycles. The molecule has 1 amide bonds. The first-order valence-electron chi connectivity index (χ1n) is 12.4. The van der Waals surface area contributed by atoms with Gasteiger partial charge in [-0.2, -0.15) is 4.98 Å². The van der Waals surface area contributed by atoms with Crippen LogP contribution < -0.4 is 21.2 Å². The molecule has 0 unspecified atom stereocenters. The van der Waals surface area contributed by atoms with E-state index in [1.54, 1.807) is 48.5 Å². The molecule has 0 bridgehead atoms. The van der Waals surface area contributed by atoms with Crippen molar-refractivity contribution in [2.45, 2.75) is 18.8 Å². The molecule has 0 radical (unpaired) electrons. The van der Waals surface area contributed by atoms with Gasteiger partial charge in [-0.15, -0.1) is 0 Å². The number of aromatic hydroxyl groups is 3. The van der Waals surface area contributed by atoms with Crippen LogP contribution in [0.15, 0.2) is 76.4 Å². The zero-order chi connectivity index (χ0) is 28.4. The van der Waals surface area contributed by atoms with Crippen molar-refractivity contribution in [2.24, 2.45) is 0 Å². The average Bonchev–Trinajstić information content (AvgIpc) is 2.93. The first-order valence-corrected chi connectivity index (χ1v) is 12.4. The fourth-order valence-corrected chi connectivity index (χ4v) is 4.67. The number of fused-ring (bicyclic) bond motifs is 2. The maximum absolute atomic E-state index is 13.5. The molecule has 204 valence electrons. The van der Waals surface area contributed by atoms with Crippen LogP contribution in [0.2, 0.25) is 0 Å². The molecular weight excluding hydrogens is 516 g/mol. The molecular formula is C29H26N4O7. The van der Waals surface area contributed by atoms with Gasteiger partial charge >= 0.3 is 0 Å².